The zero-order chi connectivity index (χ0) is 55.8. The van der Waals surface area contributed by atoms with Crippen LogP contribution < -0.4 is 27.0 Å². The minimum absolute atomic E-state index is 0.0327. The average Bonchev–Trinajstić information content (AvgIpc) is 4.34. The molecule has 21 heteroatoms. The summed E-state index contributed by atoms with van der Waals surface area (Å²) in [6, 6.07) is 31.2. The number of unbranched alkanes of at least 4 members (excludes halogenated alkanes) is 2. The molecule has 2 atom stereocenters. The van der Waals surface area contributed by atoms with Gasteiger partial charge in [0, 0.05) is 54.8 Å². The molecular weight excluding hydrogens is 1010 g/mol. The highest BCUT2D eigenvalue weighted by atomic mass is 16.6. The largest absolute Gasteiger partial charge is 0.445 e. The molecule has 0 spiro atoms. The number of nitrogens with zero attached hydrogens (tertiary/aromatic N) is 7. The quantitative estimate of drug-likeness (QED) is 0.0250. The second kappa shape index (κ2) is 26.5. The normalized spacial score (nSPS) is 12.8. The van der Waals surface area contributed by atoms with Crippen molar-refractivity contribution in [2.75, 3.05) is 18.4 Å². The molecule has 5 heterocycles. The van der Waals surface area contributed by atoms with E-state index in [0.29, 0.717) is 59.1 Å². The Kier molecular flexibility index (Phi) is 18.7. The van der Waals surface area contributed by atoms with Crippen LogP contribution in [0.2, 0.25) is 0 Å². The molecule has 0 fully saturated rings. The number of rotatable bonds is 25. The van der Waals surface area contributed by atoms with Crippen LogP contribution in [0.15, 0.2) is 134 Å². The monoisotopic (exact) mass is 1070 g/mol. The van der Waals surface area contributed by atoms with Gasteiger partial charge in [-0.1, -0.05) is 93.1 Å². The molecule has 0 saturated heterocycles. The Morgan fingerprint density at radius 2 is 1.53 bits per heavy atom. The van der Waals surface area contributed by atoms with E-state index in [9.17, 15) is 33.6 Å². The summed E-state index contributed by atoms with van der Waals surface area (Å²) in [6.07, 6.45) is 7.27. The number of H-pyrrole nitrogens is 1. The summed E-state index contributed by atoms with van der Waals surface area (Å²) in [4.78, 5) is 111. The summed E-state index contributed by atoms with van der Waals surface area (Å²) in [5.74, 6) is -2.05. The number of nitrogens with two attached hydrogens (primary N) is 1. The molecule has 0 radical (unpaired) electrons. The van der Waals surface area contributed by atoms with Crippen LogP contribution in [-0.4, -0.2) is 106 Å². The number of carbonyl (C=O) groups excluding carboxylic acids is 7. The van der Waals surface area contributed by atoms with E-state index in [2.05, 4.69) is 36.3 Å². The molecule has 1 aliphatic heterocycles. The van der Waals surface area contributed by atoms with Crippen molar-refractivity contribution in [3.8, 4) is 33.8 Å². The first-order valence-electron chi connectivity index (χ1n) is 26.1. The zero-order valence-electron chi connectivity index (χ0n) is 44.2. The van der Waals surface area contributed by atoms with Gasteiger partial charge < -0.3 is 36.7 Å². The van der Waals surface area contributed by atoms with Crippen molar-refractivity contribution < 1.29 is 38.3 Å². The van der Waals surface area contributed by atoms with Crippen LogP contribution in [0.5, 0.6) is 0 Å². The van der Waals surface area contributed by atoms with Crippen molar-refractivity contribution in [1.82, 2.24) is 55.3 Å². The molecule has 79 heavy (non-hydrogen) atoms. The van der Waals surface area contributed by atoms with Crippen molar-refractivity contribution in [2.45, 2.75) is 91.1 Å². The zero-order valence-corrected chi connectivity index (χ0v) is 44.2. The molecule has 1 unspecified atom stereocenters. The molecule has 0 saturated carbocycles. The van der Waals surface area contributed by atoms with Gasteiger partial charge in [0.15, 0.2) is 5.65 Å². The summed E-state index contributed by atoms with van der Waals surface area (Å²) in [5.41, 5.74) is 13.3. The van der Waals surface area contributed by atoms with Crippen LogP contribution in [0.4, 0.5) is 15.3 Å². The first kappa shape index (κ1) is 55.7. The second-order valence-corrected chi connectivity index (χ2v) is 19.4. The molecule has 8 amide bonds. The predicted molar refractivity (Wildman–Crippen MR) is 295 cm³/mol. The second-order valence-electron chi connectivity index (χ2n) is 19.4. The fraction of sp³-hybridized carbons (Fsp3) is 0.293. The number of benzene rings is 3. The SMILES string of the molecule is Cc1cccc(-c2nc(CN(Cc3ccccc3-c3ccccc3)C(=O)OCc3ccc(NC(=O)[C@H](CCCNC(N)=O)NC(=O)C(NC(=O)CCCCCN4C(=O)C=CC4=O)C(C)C)cc3)[nH]c2-c2ccc3ncnn3c2)n1. The van der Waals surface area contributed by atoms with Crippen molar-refractivity contribution in [1.29, 1.82) is 0 Å². The molecule has 7 N–H and O–H groups in total. The number of carbonyl (C=O) groups is 7. The van der Waals surface area contributed by atoms with Gasteiger partial charge >= 0.3 is 12.1 Å². The number of hydrogen-bond acceptors (Lipinski definition) is 12. The molecule has 3 aromatic carbocycles. The topological polar surface area (TPSA) is 281 Å². The van der Waals surface area contributed by atoms with E-state index < -0.39 is 36.0 Å². The van der Waals surface area contributed by atoms with Crippen molar-refractivity contribution in [3.05, 3.63) is 157 Å². The third kappa shape index (κ3) is 15.1. The Balaban J connectivity index is 0.939. The highest BCUT2D eigenvalue weighted by Crippen LogP contribution is 2.31. The molecule has 408 valence electrons. The fourth-order valence-corrected chi connectivity index (χ4v) is 9.02. The van der Waals surface area contributed by atoms with Crippen LogP contribution in [0.3, 0.4) is 0 Å². The summed E-state index contributed by atoms with van der Waals surface area (Å²) in [6.45, 7) is 5.94. The van der Waals surface area contributed by atoms with E-state index in [1.165, 1.54) is 18.5 Å². The predicted octanol–water partition coefficient (Wildman–Crippen LogP) is 6.99. The Morgan fingerprint density at radius 1 is 0.772 bits per heavy atom. The van der Waals surface area contributed by atoms with Crippen LogP contribution in [0, 0.1) is 12.8 Å². The lowest BCUT2D eigenvalue weighted by molar-refractivity contribution is -0.137. The first-order chi connectivity index (χ1) is 38.2. The Labute approximate surface area is 456 Å². The number of amides is 8. The van der Waals surface area contributed by atoms with Crippen molar-refractivity contribution in [3.63, 3.8) is 0 Å². The van der Waals surface area contributed by atoms with Crippen LogP contribution in [0.1, 0.15) is 75.0 Å². The number of aryl methyl sites for hydroxylation is 1. The summed E-state index contributed by atoms with van der Waals surface area (Å²) < 4.78 is 7.70. The molecule has 8 rings (SSSR count). The fourth-order valence-electron chi connectivity index (χ4n) is 9.02. The number of urea groups is 1. The van der Waals surface area contributed by atoms with Gasteiger partial charge in [-0.2, -0.15) is 5.10 Å². The van der Waals surface area contributed by atoms with Gasteiger partial charge in [0.2, 0.25) is 17.7 Å². The summed E-state index contributed by atoms with van der Waals surface area (Å²) in [5, 5.41) is 15.3. The number of nitrogens with one attached hydrogen (secondary N) is 5. The maximum atomic E-state index is 14.4. The number of primary amides is 1. The molecule has 0 aliphatic carbocycles. The Hall–Kier alpha value is -9.53. The number of aromatic nitrogens is 6. The molecule has 21 nitrogen and oxygen atoms in total. The Morgan fingerprint density at radius 3 is 2.28 bits per heavy atom. The lowest BCUT2D eigenvalue weighted by Crippen LogP contribution is -2.54. The maximum absolute atomic E-state index is 14.4. The van der Waals surface area contributed by atoms with Gasteiger partial charge in [0.1, 0.15) is 36.5 Å². The average molecular weight is 1070 g/mol. The number of imidazole rings is 1. The lowest BCUT2D eigenvalue weighted by Gasteiger charge is -2.25. The molecule has 4 aromatic heterocycles. The number of fused-ring (bicyclic) bond motifs is 1. The van der Waals surface area contributed by atoms with Gasteiger partial charge in [-0.25, -0.2) is 24.1 Å². The third-order valence-corrected chi connectivity index (χ3v) is 13.1. The van der Waals surface area contributed by atoms with Gasteiger partial charge in [-0.3, -0.25) is 38.8 Å². The smallest absolute Gasteiger partial charge is 0.410 e. The van der Waals surface area contributed by atoms with Gasteiger partial charge in [-0.05, 0) is 97.2 Å². The third-order valence-electron chi connectivity index (χ3n) is 13.1. The number of anilines is 1. The van der Waals surface area contributed by atoms with Crippen molar-refractivity contribution in [2.24, 2.45) is 11.7 Å². The van der Waals surface area contributed by atoms with Crippen LogP contribution in [-0.2, 0) is 48.4 Å². The minimum Gasteiger partial charge on any atom is -0.445 e. The van der Waals surface area contributed by atoms with Gasteiger partial charge in [0.05, 0.1) is 24.5 Å². The summed E-state index contributed by atoms with van der Waals surface area (Å²) in [7, 11) is 0. The number of hydrogen-bond donors (Lipinski definition) is 6. The van der Waals surface area contributed by atoms with E-state index in [4.69, 9.17) is 20.4 Å². The molecule has 1 aliphatic rings. The number of pyridine rings is 2. The molecule has 7 aromatic rings. The van der Waals surface area contributed by atoms with E-state index in [1.54, 1.807) is 47.5 Å². The van der Waals surface area contributed by atoms with E-state index >= 15 is 0 Å². The van der Waals surface area contributed by atoms with Gasteiger partial charge in [-0.15, -0.1) is 0 Å². The highest BCUT2D eigenvalue weighted by molar-refractivity contribution is 6.12. The van der Waals surface area contributed by atoms with Gasteiger partial charge in [0.25, 0.3) is 11.8 Å². The standard InChI is InChI=1S/C58H63N13O8/c1-37(2)52(68-49(72)21-8-5-11-31-70-50(73)28-29-51(70)74)56(76)65-46(20-13-30-60-57(59)77)55(75)64-43-25-22-39(23-26-43)35-79-58(78)69(32-41-17-9-10-18-44(41)40-15-6-4-7-16-40)34-47-66-53(42-24-27-48-61-36-62-71(48)33-42)54(67-47)45-19-12-14-38(3)63-45/h4,6-7,9-10,12,14-19,22-29,33,36-37,46,52H,5,8,11,13,20-21,30-32,34-35H2,1-3H3,(H,64,75)(H,65,76)(H,66,67)(H,68,72)(H3,59,60,77)/t46-,52?/m0/s1. The number of aromatic amines is 1. The van der Waals surface area contributed by atoms with Crippen molar-refractivity contribution >= 4 is 53.0 Å². The van der Waals surface area contributed by atoms with E-state index in [1.807, 2.05) is 98.0 Å². The number of imide groups is 1. The van der Waals surface area contributed by atoms with Crippen LogP contribution >= 0.6 is 0 Å². The van der Waals surface area contributed by atoms with E-state index in [0.717, 1.165) is 32.8 Å². The molecular formula is C58H63N13O8. The van der Waals surface area contributed by atoms with E-state index in [-0.39, 0.29) is 75.7 Å². The van der Waals surface area contributed by atoms with Crippen LogP contribution in [0.25, 0.3) is 39.4 Å². The number of ether oxygens (including phenoxy) is 1. The highest BCUT2D eigenvalue weighted by Gasteiger charge is 2.30. The molecule has 0 bridgehead atoms. The maximum Gasteiger partial charge on any atom is 0.410 e. The lowest BCUT2D eigenvalue weighted by atomic mass is 9.99. The first-order valence-corrected chi connectivity index (χ1v) is 26.1. The minimum atomic E-state index is -1.07. The Bertz CT molecular complexity index is 3320. The summed E-state index contributed by atoms with van der Waals surface area (Å²) >= 11 is 0.